The molecule has 0 saturated heterocycles. The predicted octanol–water partition coefficient (Wildman–Crippen LogP) is 3.02. The second-order valence-corrected chi connectivity index (χ2v) is 5.82. The first-order chi connectivity index (χ1) is 9.04. The Balaban J connectivity index is 1.70. The molecule has 1 aromatic carbocycles. The fourth-order valence-electron chi connectivity index (χ4n) is 2.94. The van der Waals surface area contributed by atoms with Gasteiger partial charge in [-0.15, -0.1) is 0 Å². The number of hydrogen-bond acceptors (Lipinski definition) is 2. The number of carbonyl (C=O) groups is 2. The molecule has 1 aromatic rings. The van der Waals surface area contributed by atoms with Gasteiger partial charge in [0, 0.05) is 11.6 Å². The zero-order valence-electron chi connectivity index (χ0n) is 10.2. The summed E-state index contributed by atoms with van der Waals surface area (Å²) >= 11 is 5.79. The van der Waals surface area contributed by atoms with Crippen molar-refractivity contribution in [2.75, 3.05) is 5.32 Å². The number of amides is 1. The van der Waals surface area contributed by atoms with Crippen molar-refractivity contribution >= 4 is 29.2 Å². The fraction of sp³-hybridized carbons (Fsp3) is 0.429. The van der Waals surface area contributed by atoms with E-state index in [0.29, 0.717) is 5.69 Å². The third-order valence-corrected chi connectivity index (χ3v) is 4.41. The van der Waals surface area contributed by atoms with E-state index in [9.17, 15) is 9.59 Å². The Morgan fingerprint density at radius 1 is 1.21 bits per heavy atom. The molecule has 0 aromatic heterocycles. The van der Waals surface area contributed by atoms with Crippen LogP contribution in [0.1, 0.15) is 29.6 Å². The maximum atomic E-state index is 12.1. The van der Waals surface area contributed by atoms with Gasteiger partial charge in [-0.1, -0.05) is 11.6 Å². The Hall–Kier alpha value is -1.55. The van der Waals surface area contributed by atoms with Crippen molar-refractivity contribution in [1.29, 1.82) is 0 Å². The second kappa shape index (κ2) is 4.53. The van der Waals surface area contributed by atoms with Gasteiger partial charge in [0.15, 0.2) is 0 Å². The van der Waals surface area contributed by atoms with Gasteiger partial charge in [0.05, 0.1) is 10.6 Å². The number of benzene rings is 1. The summed E-state index contributed by atoms with van der Waals surface area (Å²) in [6, 6.07) is 4.52. The molecule has 0 spiro atoms. The fourth-order valence-corrected chi connectivity index (χ4v) is 3.14. The highest BCUT2D eigenvalue weighted by atomic mass is 35.5. The Labute approximate surface area is 115 Å². The average molecular weight is 280 g/mol. The predicted molar refractivity (Wildman–Crippen MR) is 71.4 cm³/mol. The van der Waals surface area contributed by atoms with Crippen LogP contribution in [0.25, 0.3) is 0 Å². The molecule has 100 valence electrons. The van der Waals surface area contributed by atoms with E-state index >= 15 is 0 Å². The van der Waals surface area contributed by atoms with Crippen LogP contribution in [-0.2, 0) is 4.79 Å². The van der Waals surface area contributed by atoms with E-state index in [-0.39, 0.29) is 22.4 Å². The van der Waals surface area contributed by atoms with E-state index in [1.807, 2.05) is 0 Å². The van der Waals surface area contributed by atoms with Crippen LogP contribution in [-0.4, -0.2) is 17.0 Å². The largest absolute Gasteiger partial charge is 0.478 e. The van der Waals surface area contributed by atoms with Crippen molar-refractivity contribution in [1.82, 2.24) is 0 Å². The first-order valence-corrected chi connectivity index (χ1v) is 6.76. The van der Waals surface area contributed by atoms with Gasteiger partial charge >= 0.3 is 5.97 Å². The van der Waals surface area contributed by atoms with Gasteiger partial charge < -0.3 is 10.4 Å². The number of hydrogen-bond donors (Lipinski definition) is 2. The Kier molecular flexibility index (Phi) is 2.97. The van der Waals surface area contributed by atoms with Crippen molar-refractivity contribution in [3.05, 3.63) is 28.8 Å². The molecule has 0 bridgehead atoms. The number of carbonyl (C=O) groups excluding carboxylic acids is 1. The third-order valence-electron chi connectivity index (χ3n) is 4.08. The molecule has 5 heteroatoms. The molecule has 2 unspecified atom stereocenters. The van der Waals surface area contributed by atoms with E-state index in [0.717, 1.165) is 24.7 Å². The van der Waals surface area contributed by atoms with Gasteiger partial charge in [-0.05, 0) is 49.3 Å². The van der Waals surface area contributed by atoms with Crippen LogP contribution in [0.3, 0.4) is 0 Å². The molecular formula is C14H14ClNO3. The lowest BCUT2D eigenvalue weighted by Gasteiger charge is -2.13. The molecule has 3 rings (SSSR count). The topological polar surface area (TPSA) is 66.4 Å². The van der Waals surface area contributed by atoms with Crippen LogP contribution in [0.15, 0.2) is 18.2 Å². The van der Waals surface area contributed by atoms with E-state index in [1.54, 1.807) is 6.07 Å². The molecule has 0 aliphatic heterocycles. The number of carboxylic acid groups (broad SMARTS) is 1. The summed E-state index contributed by atoms with van der Waals surface area (Å²) in [6.45, 7) is 0. The van der Waals surface area contributed by atoms with E-state index in [4.69, 9.17) is 16.7 Å². The quantitative estimate of drug-likeness (QED) is 0.894. The van der Waals surface area contributed by atoms with Crippen LogP contribution in [0.4, 0.5) is 5.69 Å². The number of halogens is 1. The molecule has 19 heavy (non-hydrogen) atoms. The maximum Gasteiger partial charge on any atom is 0.337 e. The minimum atomic E-state index is -1.09. The van der Waals surface area contributed by atoms with Crippen LogP contribution in [0, 0.1) is 17.8 Å². The van der Waals surface area contributed by atoms with Crippen molar-refractivity contribution in [2.45, 2.75) is 19.3 Å². The molecule has 2 aliphatic carbocycles. The molecule has 2 atom stereocenters. The number of fused-ring (bicyclic) bond motifs is 1. The van der Waals surface area contributed by atoms with Crippen molar-refractivity contribution in [2.24, 2.45) is 17.8 Å². The molecule has 2 fully saturated rings. The molecule has 2 aliphatic rings. The Morgan fingerprint density at radius 2 is 1.89 bits per heavy atom. The van der Waals surface area contributed by atoms with E-state index in [1.165, 1.54) is 18.6 Å². The van der Waals surface area contributed by atoms with Crippen LogP contribution in [0.5, 0.6) is 0 Å². The lowest BCUT2D eigenvalue weighted by atomic mass is 10.0. The summed E-state index contributed by atoms with van der Waals surface area (Å²) in [5.41, 5.74) is 0.501. The summed E-state index contributed by atoms with van der Waals surface area (Å²) in [7, 11) is 0. The van der Waals surface area contributed by atoms with Gasteiger partial charge in [-0.3, -0.25) is 4.79 Å². The minimum absolute atomic E-state index is 0.00809. The average Bonchev–Trinajstić information content (AvgIpc) is 2.98. The molecular weight excluding hydrogens is 266 g/mol. The van der Waals surface area contributed by atoms with Gasteiger partial charge in [-0.2, -0.15) is 0 Å². The van der Waals surface area contributed by atoms with Crippen LogP contribution in [0.2, 0.25) is 5.02 Å². The first-order valence-electron chi connectivity index (χ1n) is 6.38. The maximum absolute atomic E-state index is 12.1. The van der Waals surface area contributed by atoms with E-state index < -0.39 is 5.97 Å². The summed E-state index contributed by atoms with van der Waals surface area (Å²) in [5, 5.41) is 11.9. The lowest BCUT2D eigenvalue weighted by Crippen LogP contribution is -2.21. The molecule has 2 N–H and O–H groups in total. The number of carboxylic acids is 1. The summed E-state index contributed by atoms with van der Waals surface area (Å²) in [6.07, 6.45) is 3.21. The summed E-state index contributed by atoms with van der Waals surface area (Å²) < 4.78 is 0. The highest BCUT2D eigenvalue weighted by Gasteiger charge is 2.47. The molecule has 1 amide bonds. The lowest BCUT2D eigenvalue weighted by molar-refractivity contribution is -0.120. The van der Waals surface area contributed by atoms with Crippen molar-refractivity contribution in [3.63, 3.8) is 0 Å². The second-order valence-electron chi connectivity index (χ2n) is 5.41. The molecule has 0 radical (unpaired) electrons. The number of aromatic carboxylic acids is 1. The van der Waals surface area contributed by atoms with Gasteiger partial charge in [0.2, 0.25) is 5.91 Å². The summed E-state index contributed by atoms with van der Waals surface area (Å²) in [4.78, 5) is 23.0. The standard InChI is InChI=1S/C14H14ClNO3/c15-12-2-1-10(6-11(12)14(18)19)16-13(17)9-4-7-3-8(7)5-9/h1-2,6-9H,3-5H2,(H,16,17)(H,18,19). The van der Waals surface area contributed by atoms with Crippen LogP contribution < -0.4 is 5.32 Å². The van der Waals surface area contributed by atoms with Gasteiger partial charge in [-0.25, -0.2) is 4.79 Å². The SMILES string of the molecule is O=C(O)c1cc(NC(=O)C2CC3CC3C2)ccc1Cl. The van der Waals surface area contributed by atoms with E-state index in [2.05, 4.69) is 5.32 Å². The number of anilines is 1. The molecule has 4 nitrogen and oxygen atoms in total. The highest BCUT2D eigenvalue weighted by molar-refractivity contribution is 6.33. The van der Waals surface area contributed by atoms with Gasteiger partial charge in [0.1, 0.15) is 0 Å². The first kappa shape index (κ1) is 12.5. The molecule has 2 saturated carbocycles. The monoisotopic (exact) mass is 279 g/mol. The van der Waals surface area contributed by atoms with Crippen molar-refractivity contribution in [3.8, 4) is 0 Å². The smallest absolute Gasteiger partial charge is 0.337 e. The van der Waals surface area contributed by atoms with Crippen molar-refractivity contribution < 1.29 is 14.7 Å². The number of rotatable bonds is 3. The van der Waals surface area contributed by atoms with Crippen LogP contribution >= 0.6 is 11.6 Å². The summed E-state index contributed by atoms with van der Waals surface area (Å²) in [5.74, 6) is 0.466. The zero-order chi connectivity index (χ0) is 13.6. The highest BCUT2D eigenvalue weighted by Crippen LogP contribution is 2.54. The molecule has 0 heterocycles. The van der Waals surface area contributed by atoms with Gasteiger partial charge in [0.25, 0.3) is 0 Å². The zero-order valence-corrected chi connectivity index (χ0v) is 11.0. The number of nitrogens with one attached hydrogen (secondary N) is 1. The minimum Gasteiger partial charge on any atom is -0.478 e. The third kappa shape index (κ3) is 2.45. The normalized spacial score (nSPS) is 27.7. The Bertz CT molecular complexity index is 548. The Morgan fingerprint density at radius 3 is 2.53 bits per heavy atom.